The highest BCUT2D eigenvalue weighted by atomic mass is 32.1. The summed E-state index contributed by atoms with van der Waals surface area (Å²) in [5.41, 5.74) is 0. The molecule has 88 valence electrons. The lowest BCUT2D eigenvalue weighted by Gasteiger charge is -2.17. The van der Waals surface area contributed by atoms with Crippen LogP contribution in [0.15, 0.2) is 0 Å². The van der Waals surface area contributed by atoms with Gasteiger partial charge in [0.1, 0.15) is 0 Å². The summed E-state index contributed by atoms with van der Waals surface area (Å²) >= 11 is 5.18. The van der Waals surface area contributed by atoms with E-state index in [1.54, 1.807) is 0 Å². The van der Waals surface area contributed by atoms with Crippen LogP contribution in [-0.2, 0) is 4.74 Å². The quantitative estimate of drug-likeness (QED) is 0.718. The van der Waals surface area contributed by atoms with Gasteiger partial charge in [0.05, 0.1) is 6.10 Å². The second-order valence-electron chi connectivity index (χ2n) is 4.61. The molecule has 15 heavy (non-hydrogen) atoms. The first kappa shape index (κ1) is 12.7. The SMILES string of the molecule is CC(C)CNC(=S)NCC1CCOC1C. The number of hydrogen-bond donors (Lipinski definition) is 2. The maximum atomic E-state index is 5.49. The molecule has 0 aromatic heterocycles. The third-order valence-corrected chi connectivity index (χ3v) is 3.02. The average Bonchev–Trinajstić information content (AvgIpc) is 2.58. The second-order valence-corrected chi connectivity index (χ2v) is 5.02. The molecule has 1 rings (SSSR count). The van der Waals surface area contributed by atoms with Crippen molar-refractivity contribution in [2.75, 3.05) is 19.7 Å². The molecule has 0 saturated carbocycles. The Bertz CT molecular complexity index is 209. The molecule has 1 saturated heterocycles. The van der Waals surface area contributed by atoms with E-state index in [1.165, 1.54) is 0 Å². The van der Waals surface area contributed by atoms with Crippen LogP contribution in [0, 0.1) is 11.8 Å². The molecular weight excluding hydrogens is 208 g/mol. The summed E-state index contributed by atoms with van der Waals surface area (Å²) in [6, 6.07) is 0. The Labute approximate surface area is 98.0 Å². The van der Waals surface area contributed by atoms with E-state index in [4.69, 9.17) is 17.0 Å². The minimum absolute atomic E-state index is 0.366. The van der Waals surface area contributed by atoms with E-state index >= 15 is 0 Å². The number of thiocarbonyl (C=S) groups is 1. The van der Waals surface area contributed by atoms with Crippen molar-refractivity contribution in [1.82, 2.24) is 10.6 Å². The van der Waals surface area contributed by atoms with Crippen LogP contribution in [0.2, 0.25) is 0 Å². The third kappa shape index (κ3) is 4.80. The van der Waals surface area contributed by atoms with Crippen molar-refractivity contribution >= 4 is 17.3 Å². The van der Waals surface area contributed by atoms with Gasteiger partial charge in [0, 0.05) is 25.6 Å². The Balaban J connectivity index is 2.11. The summed E-state index contributed by atoms with van der Waals surface area (Å²) in [6.07, 6.45) is 1.51. The van der Waals surface area contributed by atoms with Gasteiger partial charge in [-0.05, 0) is 31.5 Å². The fourth-order valence-electron chi connectivity index (χ4n) is 1.63. The topological polar surface area (TPSA) is 33.3 Å². The first-order valence-corrected chi connectivity index (χ1v) is 6.13. The molecule has 1 aliphatic rings. The van der Waals surface area contributed by atoms with Crippen LogP contribution in [-0.4, -0.2) is 30.9 Å². The number of nitrogens with one attached hydrogen (secondary N) is 2. The smallest absolute Gasteiger partial charge is 0.166 e. The molecule has 2 atom stereocenters. The van der Waals surface area contributed by atoms with Crippen molar-refractivity contribution in [2.45, 2.75) is 33.3 Å². The maximum absolute atomic E-state index is 5.49. The first-order chi connectivity index (χ1) is 7.09. The lowest BCUT2D eigenvalue weighted by Crippen LogP contribution is -2.40. The van der Waals surface area contributed by atoms with Gasteiger partial charge >= 0.3 is 0 Å². The Morgan fingerprint density at radius 3 is 2.73 bits per heavy atom. The molecule has 0 aromatic rings. The molecule has 1 aliphatic heterocycles. The zero-order chi connectivity index (χ0) is 11.3. The van der Waals surface area contributed by atoms with Gasteiger partial charge in [-0.3, -0.25) is 0 Å². The highest BCUT2D eigenvalue weighted by Crippen LogP contribution is 2.18. The Morgan fingerprint density at radius 2 is 2.20 bits per heavy atom. The summed E-state index contributed by atoms with van der Waals surface area (Å²) in [5, 5.41) is 7.22. The Hall–Kier alpha value is -0.350. The van der Waals surface area contributed by atoms with Gasteiger partial charge in [0.25, 0.3) is 0 Å². The third-order valence-electron chi connectivity index (χ3n) is 2.73. The Kier molecular flexibility index (Phi) is 5.32. The summed E-state index contributed by atoms with van der Waals surface area (Å²) in [5.74, 6) is 1.22. The number of rotatable bonds is 4. The highest BCUT2D eigenvalue weighted by molar-refractivity contribution is 7.80. The molecule has 3 nitrogen and oxygen atoms in total. The first-order valence-electron chi connectivity index (χ1n) is 5.73. The number of hydrogen-bond acceptors (Lipinski definition) is 2. The molecule has 0 aromatic carbocycles. The molecule has 1 fully saturated rings. The van der Waals surface area contributed by atoms with Crippen molar-refractivity contribution in [2.24, 2.45) is 11.8 Å². The van der Waals surface area contributed by atoms with E-state index in [1.807, 2.05) is 0 Å². The van der Waals surface area contributed by atoms with Crippen molar-refractivity contribution in [1.29, 1.82) is 0 Å². The van der Waals surface area contributed by atoms with Crippen LogP contribution in [0.25, 0.3) is 0 Å². The van der Waals surface area contributed by atoms with E-state index in [2.05, 4.69) is 31.4 Å². The molecule has 2 unspecified atom stereocenters. The fraction of sp³-hybridized carbons (Fsp3) is 0.909. The predicted octanol–water partition coefficient (Wildman–Crippen LogP) is 1.53. The maximum Gasteiger partial charge on any atom is 0.166 e. The van der Waals surface area contributed by atoms with Crippen molar-refractivity contribution in [3.05, 3.63) is 0 Å². The average molecular weight is 230 g/mol. The predicted molar refractivity (Wildman–Crippen MR) is 67.0 cm³/mol. The van der Waals surface area contributed by atoms with Gasteiger partial charge < -0.3 is 15.4 Å². The summed E-state index contributed by atoms with van der Waals surface area (Å²) in [6.45, 7) is 9.21. The monoisotopic (exact) mass is 230 g/mol. The van der Waals surface area contributed by atoms with Gasteiger partial charge in [-0.15, -0.1) is 0 Å². The zero-order valence-electron chi connectivity index (χ0n) is 9.88. The van der Waals surface area contributed by atoms with Gasteiger partial charge in [0.2, 0.25) is 0 Å². The standard InChI is InChI=1S/C11H22N2OS/c1-8(2)6-12-11(15)13-7-10-4-5-14-9(10)3/h8-10H,4-7H2,1-3H3,(H2,12,13,15). The van der Waals surface area contributed by atoms with Gasteiger partial charge in [0.15, 0.2) is 5.11 Å². The zero-order valence-corrected chi connectivity index (χ0v) is 10.7. The van der Waals surface area contributed by atoms with Crippen LogP contribution in [0.5, 0.6) is 0 Å². The Morgan fingerprint density at radius 1 is 1.47 bits per heavy atom. The summed E-state index contributed by atoms with van der Waals surface area (Å²) < 4.78 is 5.49. The largest absolute Gasteiger partial charge is 0.378 e. The van der Waals surface area contributed by atoms with E-state index in [9.17, 15) is 0 Å². The van der Waals surface area contributed by atoms with Crippen molar-refractivity contribution in [3.8, 4) is 0 Å². The van der Waals surface area contributed by atoms with E-state index in [0.717, 1.165) is 31.2 Å². The summed E-state index contributed by atoms with van der Waals surface area (Å²) in [4.78, 5) is 0. The van der Waals surface area contributed by atoms with E-state index < -0.39 is 0 Å². The molecule has 0 radical (unpaired) electrons. The minimum Gasteiger partial charge on any atom is -0.378 e. The van der Waals surface area contributed by atoms with Crippen LogP contribution in [0.3, 0.4) is 0 Å². The van der Waals surface area contributed by atoms with E-state index in [0.29, 0.717) is 17.9 Å². The van der Waals surface area contributed by atoms with E-state index in [-0.39, 0.29) is 0 Å². The molecular formula is C11H22N2OS. The van der Waals surface area contributed by atoms with Crippen LogP contribution in [0.1, 0.15) is 27.2 Å². The lowest BCUT2D eigenvalue weighted by molar-refractivity contribution is 0.106. The van der Waals surface area contributed by atoms with Crippen LogP contribution in [0.4, 0.5) is 0 Å². The summed E-state index contributed by atoms with van der Waals surface area (Å²) in [7, 11) is 0. The normalized spacial score (nSPS) is 25.6. The highest BCUT2D eigenvalue weighted by Gasteiger charge is 2.23. The van der Waals surface area contributed by atoms with Gasteiger partial charge in [-0.1, -0.05) is 13.8 Å². The number of ether oxygens (including phenoxy) is 1. The van der Waals surface area contributed by atoms with Crippen LogP contribution < -0.4 is 10.6 Å². The molecule has 0 spiro atoms. The lowest BCUT2D eigenvalue weighted by atomic mass is 10.0. The van der Waals surface area contributed by atoms with Crippen LogP contribution >= 0.6 is 12.2 Å². The molecule has 1 heterocycles. The second kappa shape index (κ2) is 6.28. The molecule has 0 amide bonds. The molecule has 4 heteroatoms. The fourth-order valence-corrected chi connectivity index (χ4v) is 1.79. The molecule has 0 aliphatic carbocycles. The molecule has 0 bridgehead atoms. The van der Waals surface area contributed by atoms with Gasteiger partial charge in [-0.25, -0.2) is 0 Å². The molecule has 2 N–H and O–H groups in total. The minimum atomic E-state index is 0.366. The van der Waals surface area contributed by atoms with Gasteiger partial charge in [-0.2, -0.15) is 0 Å². The van der Waals surface area contributed by atoms with Crippen molar-refractivity contribution in [3.63, 3.8) is 0 Å². The van der Waals surface area contributed by atoms with Crippen molar-refractivity contribution < 1.29 is 4.74 Å².